The highest BCUT2D eigenvalue weighted by Gasteiger charge is 2.16. The van der Waals surface area contributed by atoms with Crippen molar-refractivity contribution in [2.24, 2.45) is 10.2 Å². The van der Waals surface area contributed by atoms with Gasteiger partial charge in [0.2, 0.25) is 0 Å². The SMILES string of the molecule is Cc1cc(O)ccc1N=Nc1c(CC(=O)O)nc2c(C)cccn12. The van der Waals surface area contributed by atoms with E-state index in [2.05, 4.69) is 15.2 Å². The van der Waals surface area contributed by atoms with Gasteiger partial charge in [0.1, 0.15) is 11.4 Å². The number of fused-ring (bicyclic) bond motifs is 1. The van der Waals surface area contributed by atoms with Crippen LogP contribution in [0.25, 0.3) is 5.65 Å². The predicted octanol–water partition coefficient (Wildman–Crippen LogP) is 3.70. The molecule has 0 aliphatic carbocycles. The zero-order valence-electron chi connectivity index (χ0n) is 13.3. The Labute approximate surface area is 137 Å². The van der Waals surface area contributed by atoms with Crippen molar-refractivity contribution in [3.05, 3.63) is 53.3 Å². The maximum absolute atomic E-state index is 11.1. The van der Waals surface area contributed by atoms with Crippen LogP contribution in [0.2, 0.25) is 0 Å². The van der Waals surface area contributed by atoms with E-state index in [1.807, 2.05) is 26.0 Å². The van der Waals surface area contributed by atoms with Crippen LogP contribution >= 0.6 is 0 Å². The number of azo groups is 1. The Morgan fingerprint density at radius 3 is 2.71 bits per heavy atom. The molecule has 0 unspecified atom stereocenters. The minimum Gasteiger partial charge on any atom is -0.508 e. The molecule has 0 saturated carbocycles. The van der Waals surface area contributed by atoms with E-state index in [1.54, 1.807) is 22.7 Å². The van der Waals surface area contributed by atoms with E-state index in [9.17, 15) is 9.90 Å². The number of aromatic hydroxyl groups is 1. The summed E-state index contributed by atoms with van der Waals surface area (Å²) in [6.45, 7) is 3.71. The van der Waals surface area contributed by atoms with Crippen molar-refractivity contribution in [3.8, 4) is 5.75 Å². The second-order valence-electron chi connectivity index (χ2n) is 5.51. The van der Waals surface area contributed by atoms with Gasteiger partial charge in [0.25, 0.3) is 0 Å². The third-order valence-corrected chi connectivity index (χ3v) is 3.64. The summed E-state index contributed by atoms with van der Waals surface area (Å²) >= 11 is 0. The molecular weight excluding hydrogens is 308 g/mol. The van der Waals surface area contributed by atoms with Gasteiger partial charge in [-0.15, -0.1) is 10.2 Å². The number of benzene rings is 1. The highest BCUT2D eigenvalue weighted by molar-refractivity contribution is 5.72. The predicted molar refractivity (Wildman–Crippen MR) is 88.3 cm³/mol. The summed E-state index contributed by atoms with van der Waals surface area (Å²) < 4.78 is 1.73. The van der Waals surface area contributed by atoms with E-state index in [1.165, 1.54) is 6.07 Å². The van der Waals surface area contributed by atoms with Crippen LogP contribution in [0.15, 0.2) is 46.8 Å². The standard InChI is InChI=1S/C17H16N4O3/c1-10-4-3-7-21-16(10)18-14(9-15(23)24)17(21)20-19-13-6-5-12(22)8-11(13)2/h3-8,22H,9H2,1-2H3,(H,23,24). The van der Waals surface area contributed by atoms with Gasteiger partial charge in [-0.2, -0.15) is 0 Å². The fraction of sp³-hybridized carbons (Fsp3) is 0.176. The molecule has 3 aromatic rings. The largest absolute Gasteiger partial charge is 0.508 e. The number of phenolic OH excluding ortho intramolecular Hbond substituents is 1. The van der Waals surface area contributed by atoms with E-state index in [0.717, 1.165) is 11.1 Å². The molecule has 122 valence electrons. The van der Waals surface area contributed by atoms with E-state index in [-0.39, 0.29) is 12.2 Å². The van der Waals surface area contributed by atoms with Crippen LogP contribution in [0.3, 0.4) is 0 Å². The average Bonchev–Trinajstić information content (AvgIpc) is 2.85. The molecule has 3 rings (SSSR count). The molecule has 0 aliphatic heterocycles. The van der Waals surface area contributed by atoms with E-state index in [4.69, 9.17) is 5.11 Å². The van der Waals surface area contributed by atoms with Crippen molar-refractivity contribution in [1.29, 1.82) is 0 Å². The van der Waals surface area contributed by atoms with Crippen LogP contribution in [0, 0.1) is 13.8 Å². The fourth-order valence-corrected chi connectivity index (χ4v) is 2.46. The third kappa shape index (κ3) is 2.96. The Bertz CT molecular complexity index is 960. The number of aryl methyl sites for hydroxylation is 2. The van der Waals surface area contributed by atoms with E-state index < -0.39 is 5.97 Å². The molecule has 0 saturated heterocycles. The topological polar surface area (TPSA) is 99.5 Å². The molecule has 0 bridgehead atoms. The molecule has 0 fully saturated rings. The quantitative estimate of drug-likeness (QED) is 0.715. The van der Waals surface area contributed by atoms with Crippen LogP contribution in [-0.4, -0.2) is 25.6 Å². The molecule has 2 aromatic heterocycles. The molecule has 24 heavy (non-hydrogen) atoms. The summed E-state index contributed by atoms with van der Waals surface area (Å²) in [5.74, 6) is -0.430. The van der Waals surface area contributed by atoms with Gasteiger partial charge in [-0.3, -0.25) is 9.20 Å². The van der Waals surface area contributed by atoms with E-state index >= 15 is 0 Å². The number of aromatic nitrogens is 2. The van der Waals surface area contributed by atoms with Crippen LogP contribution in [-0.2, 0) is 11.2 Å². The number of hydrogen-bond acceptors (Lipinski definition) is 5. The number of nitrogens with zero attached hydrogens (tertiary/aromatic N) is 4. The minimum absolute atomic E-state index is 0.156. The molecular formula is C17H16N4O3. The van der Waals surface area contributed by atoms with Gasteiger partial charge in [0.15, 0.2) is 5.82 Å². The smallest absolute Gasteiger partial charge is 0.309 e. The first-order valence-electron chi connectivity index (χ1n) is 7.35. The Morgan fingerprint density at radius 1 is 1.21 bits per heavy atom. The first-order valence-corrected chi connectivity index (χ1v) is 7.35. The van der Waals surface area contributed by atoms with Gasteiger partial charge in [0, 0.05) is 6.20 Å². The minimum atomic E-state index is -0.978. The fourth-order valence-electron chi connectivity index (χ4n) is 2.46. The lowest BCUT2D eigenvalue weighted by Crippen LogP contribution is -2.00. The summed E-state index contributed by atoms with van der Waals surface area (Å²) in [5.41, 5.74) is 3.30. The number of phenols is 1. The van der Waals surface area contributed by atoms with Crippen molar-refractivity contribution in [2.75, 3.05) is 0 Å². The highest BCUT2D eigenvalue weighted by atomic mass is 16.4. The van der Waals surface area contributed by atoms with Crippen molar-refractivity contribution in [1.82, 2.24) is 9.38 Å². The van der Waals surface area contributed by atoms with Crippen LogP contribution in [0.4, 0.5) is 11.5 Å². The number of imidazole rings is 1. The van der Waals surface area contributed by atoms with Gasteiger partial charge < -0.3 is 10.2 Å². The second kappa shape index (κ2) is 6.11. The van der Waals surface area contributed by atoms with Gasteiger partial charge >= 0.3 is 5.97 Å². The van der Waals surface area contributed by atoms with Crippen molar-refractivity contribution < 1.29 is 15.0 Å². The van der Waals surface area contributed by atoms with Crippen molar-refractivity contribution in [2.45, 2.75) is 20.3 Å². The van der Waals surface area contributed by atoms with Crippen LogP contribution < -0.4 is 0 Å². The van der Waals surface area contributed by atoms with Crippen LogP contribution in [0.5, 0.6) is 5.75 Å². The summed E-state index contributed by atoms with van der Waals surface area (Å²) in [4.78, 5) is 15.5. The Kier molecular flexibility index (Phi) is 3.99. The Morgan fingerprint density at radius 2 is 2.00 bits per heavy atom. The number of pyridine rings is 1. The molecule has 1 aromatic carbocycles. The molecule has 0 spiro atoms. The summed E-state index contributed by atoms with van der Waals surface area (Å²) in [5, 5.41) is 27.0. The van der Waals surface area contributed by atoms with Gasteiger partial charge in [-0.05, 0) is 49.2 Å². The maximum atomic E-state index is 11.1. The Balaban J connectivity index is 2.11. The van der Waals surface area contributed by atoms with Gasteiger partial charge in [-0.25, -0.2) is 4.98 Å². The van der Waals surface area contributed by atoms with E-state index in [0.29, 0.717) is 22.8 Å². The van der Waals surface area contributed by atoms with Crippen molar-refractivity contribution in [3.63, 3.8) is 0 Å². The zero-order chi connectivity index (χ0) is 17.3. The Hall–Kier alpha value is -3.22. The number of aliphatic carboxylic acids is 1. The molecule has 0 aliphatic rings. The molecule has 2 N–H and O–H groups in total. The van der Waals surface area contributed by atoms with Crippen molar-refractivity contribution >= 4 is 23.1 Å². The molecule has 7 nitrogen and oxygen atoms in total. The summed E-state index contributed by atoms with van der Waals surface area (Å²) in [6.07, 6.45) is 1.54. The normalized spacial score (nSPS) is 11.4. The third-order valence-electron chi connectivity index (χ3n) is 3.64. The summed E-state index contributed by atoms with van der Waals surface area (Å²) in [7, 11) is 0. The number of hydrogen-bond donors (Lipinski definition) is 2. The highest BCUT2D eigenvalue weighted by Crippen LogP contribution is 2.28. The zero-order valence-corrected chi connectivity index (χ0v) is 13.3. The maximum Gasteiger partial charge on any atom is 0.309 e. The molecule has 0 amide bonds. The number of carboxylic acids is 1. The first-order chi connectivity index (χ1) is 11.5. The summed E-state index contributed by atoms with van der Waals surface area (Å²) in [6, 6.07) is 8.51. The monoisotopic (exact) mass is 324 g/mol. The second-order valence-corrected chi connectivity index (χ2v) is 5.51. The molecule has 0 atom stereocenters. The lowest BCUT2D eigenvalue weighted by Gasteiger charge is -2.01. The lowest BCUT2D eigenvalue weighted by molar-refractivity contribution is -0.136. The molecule has 0 radical (unpaired) electrons. The average molecular weight is 324 g/mol. The lowest BCUT2D eigenvalue weighted by atomic mass is 10.2. The van der Waals surface area contributed by atoms with Gasteiger partial charge in [-0.1, -0.05) is 6.07 Å². The molecule has 7 heteroatoms. The molecule has 2 heterocycles. The number of carbonyl (C=O) groups is 1. The van der Waals surface area contributed by atoms with Crippen LogP contribution in [0.1, 0.15) is 16.8 Å². The van der Waals surface area contributed by atoms with Gasteiger partial charge in [0.05, 0.1) is 17.8 Å². The first kappa shape index (κ1) is 15.7. The number of carboxylic acid groups (broad SMARTS) is 1. The number of rotatable bonds is 4.